The third kappa shape index (κ3) is 1.25. The van der Waals surface area contributed by atoms with E-state index >= 15 is 0 Å². The molecule has 0 saturated carbocycles. The van der Waals surface area contributed by atoms with Crippen LogP contribution in [0.1, 0.15) is 0 Å². The van der Waals surface area contributed by atoms with Crippen LogP contribution in [-0.2, 0) is 4.79 Å². The molecule has 3 nitrogen and oxygen atoms in total. The number of hydrogen-bond donors (Lipinski definition) is 1. The standard InChI is InChI=1S/C6H5NO2/c8-6(9)5-3-1-2-4-7-5/h1-4H,(H,8,9)/q+1. The summed E-state index contributed by atoms with van der Waals surface area (Å²) in [6.45, 7) is 0. The van der Waals surface area contributed by atoms with Crippen LogP contribution in [0.5, 0.6) is 0 Å². The number of aliphatic imine (C=N–C) groups is 1. The number of carboxylic acid groups (broad SMARTS) is 1. The highest BCUT2D eigenvalue weighted by molar-refractivity contribution is 6.40. The minimum absolute atomic E-state index is 0.0810. The maximum absolute atomic E-state index is 10.1. The molecule has 1 heterocycles. The first kappa shape index (κ1) is 5.75. The van der Waals surface area contributed by atoms with E-state index in [1.54, 1.807) is 12.2 Å². The Morgan fingerprint density at radius 2 is 2.33 bits per heavy atom. The number of hydrogen-bond acceptors (Lipinski definition) is 2. The van der Waals surface area contributed by atoms with Gasteiger partial charge in [-0.3, -0.25) is 0 Å². The van der Waals surface area contributed by atoms with Gasteiger partial charge in [0.15, 0.2) is 0 Å². The van der Waals surface area contributed by atoms with E-state index in [1.165, 1.54) is 12.3 Å². The van der Waals surface area contributed by atoms with Crippen LogP contribution in [0, 0.1) is 0 Å². The third-order valence-electron chi connectivity index (χ3n) is 0.884. The predicted molar refractivity (Wildman–Crippen MR) is 33.1 cm³/mol. The van der Waals surface area contributed by atoms with E-state index in [0.717, 1.165) is 0 Å². The Labute approximate surface area is 52.0 Å². The van der Waals surface area contributed by atoms with Crippen molar-refractivity contribution >= 4 is 11.7 Å². The highest BCUT2D eigenvalue weighted by Gasteiger charge is 2.16. The van der Waals surface area contributed by atoms with Gasteiger partial charge >= 0.3 is 11.7 Å². The molecule has 9 heavy (non-hydrogen) atoms. The number of allylic oxidation sites excluding steroid dienone is 2. The second-order valence-corrected chi connectivity index (χ2v) is 1.52. The van der Waals surface area contributed by atoms with Crippen molar-refractivity contribution in [1.82, 2.24) is 4.99 Å². The zero-order valence-corrected chi connectivity index (χ0v) is 4.61. The smallest absolute Gasteiger partial charge is 0.408 e. The van der Waals surface area contributed by atoms with E-state index < -0.39 is 5.97 Å². The van der Waals surface area contributed by atoms with E-state index in [2.05, 4.69) is 4.99 Å². The summed E-state index contributed by atoms with van der Waals surface area (Å²) in [6, 6.07) is 0. The maximum atomic E-state index is 10.1. The minimum atomic E-state index is -0.990. The molecule has 3 heteroatoms. The Morgan fingerprint density at radius 1 is 1.56 bits per heavy atom. The van der Waals surface area contributed by atoms with Gasteiger partial charge in [-0.25, -0.2) is 4.79 Å². The number of carboxylic acids is 1. The Hall–Kier alpha value is -1.38. The molecular weight excluding hydrogens is 118 g/mol. The molecule has 0 unspecified atom stereocenters. The number of carbonyl (C=O) groups is 1. The van der Waals surface area contributed by atoms with Gasteiger partial charge in [0, 0.05) is 12.2 Å². The highest BCUT2D eigenvalue weighted by atomic mass is 16.4. The van der Waals surface area contributed by atoms with Crippen molar-refractivity contribution in [2.75, 3.05) is 0 Å². The summed E-state index contributed by atoms with van der Waals surface area (Å²) in [5.74, 6) is -0.990. The van der Waals surface area contributed by atoms with Crippen LogP contribution in [0.4, 0.5) is 0 Å². The van der Waals surface area contributed by atoms with Crippen molar-refractivity contribution in [1.29, 1.82) is 0 Å². The van der Waals surface area contributed by atoms with E-state index in [4.69, 9.17) is 5.11 Å². The lowest BCUT2D eigenvalue weighted by Gasteiger charge is -1.79. The molecule has 0 spiro atoms. The van der Waals surface area contributed by atoms with Crippen molar-refractivity contribution in [3.05, 3.63) is 24.4 Å². The van der Waals surface area contributed by atoms with Gasteiger partial charge in [0.2, 0.25) is 6.20 Å². The maximum Gasteiger partial charge on any atom is 0.408 e. The largest absolute Gasteiger partial charge is 0.473 e. The molecule has 0 atom stereocenters. The van der Waals surface area contributed by atoms with Crippen LogP contribution in [0.25, 0.3) is 0 Å². The molecule has 0 aliphatic carbocycles. The fraction of sp³-hybridized carbons (Fsp3) is 0. The third-order valence-corrected chi connectivity index (χ3v) is 0.884. The van der Waals surface area contributed by atoms with Crippen LogP contribution in [0.3, 0.4) is 0 Å². The average molecular weight is 123 g/mol. The van der Waals surface area contributed by atoms with Crippen molar-refractivity contribution in [3.8, 4) is 0 Å². The molecule has 1 aliphatic heterocycles. The summed E-state index contributed by atoms with van der Waals surface area (Å²) in [7, 11) is 0. The number of rotatable bonds is 1. The monoisotopic (exact) mass is 123 g/mol. The van der Waals surface area contributed by atoms with Gasteiger partial charge in [0.1, 0.15) is 0 Å². The summed E-state index contributed by atoms with van der Waals surface area (Å²) < 4.78 is 0. The second kappa shape index (κ2) is 2.26. The Balaban J connectivity index is 2.84. The summed E-state index contributed by atoms with van der Waals surface area (Å²) >= 11 is 0. The van der Waals surface area contributed by atoms with Crippen molar-refractivity contribution in [3.63, 3.8) is 0 Å². The zero-order chi connectivity index (χ0) is 6.69. The van der Waals surface area contributed by atoms with Gasteiger partial charge in [0.25, 0.3) is 0 Å². The molecule has 0 saturated heterocycles. The summed E-state index contributed by atoms with van der Waals surface area (Å²) in [6.07, 6.45) is 6.20. The topological polar surface area (TPSA) is 51.4 Å². The first-order valence-corrected chi connectivity index (χ1v) is 2.45. The second-order valence-electron chi connectivity index (χ2n) is 1.52. The first-order chi connectivity index (χ1) is 4.30. The molecule has 1 radical (unpaired) electrons. The van der Waals surface area contributed by atoms with Gasteiger partial charge in [-0.1, -0.05) is 0 Å². The fourth-order valence-electron chi connectivity index (χ4n) is 0.489. The van der Waals surface area contributed by atoms with E-state index in [9.17, 15) is 4.79 Å². The normalized spacial score (nSPS) is 15.3. The van der Waals surface area contributed by atoms with Gasteiger partial charge in [-0.15, -0.1) is 0 Å². The molecule has 45 valence electrons. The average Bonchev–Trinajstić information content (AvgIpc) is 1.90. The highest BCUT2D eigenvalue weighted by Crippen LogP contribution is 1.85. The van der Waals surface area contributed by atoms with Crippen LogP contribution in [0.2, 0.25) is 0 Å². The van der Waals surface area contributed by atoms with E-state index in [-0.39, 0.29) is 5.71 Å². The lowest BCUT2D eigenvalue weighted by atomic mass is 10.3. The molecule has 0 aromatic carbocycles. The van der Waals surface area contributed by atoms with Crippen molar-refractivity contribution < 1.29 is 9.90 Å². The molecule has 1 rings (SSSR count). The molecule has 0 amide bonds. The van der Waals surface area contributed by atoms with E-state index in [1.807, 2.05) is 0 Å². The Morgan fingerprint density at radius 3 is 2.67 bits per heavy atom. The summed E-state index contributed by atoms with van der Waals surface area (Å²) in [5, 5.41) is 8.32. The minimum Gasteiger partial charge on any atom is -0.473 e. The molecular formula is C6H5NO2+. The first-order valence-electron chi connectivity index (χ1n) is 2.45. The predicted octanol–water partition coefficient (Wildman–Crippen LogP) is -0.0687. The molecule has 1 aliphatic rings. The Bertz CT molecular complexity index is 213. The molecule has 0 aromatic rings. The lowest BCUT2D eigenvalue weighted by Crippen LogP contribution is -2.15. The fourth-order valence-corrected chi connectivity index (χ4v) is 0.489. The lowest BCUT2D eigenvalue weighted by molar-refractivity contribution is -0.129. The van der Waals surface area contributed by atoms with Gasteiger partial charge < -0.3 is 5.11 Å². The van der Waals surface area contributed by atoms with Crippen molar-refractivity contribution in [2.45, 2.75) is 0 Å². The van der Waals surface area contributed by atoms with E-state index in [0.29, 0.717) is 0 Å². The quantitative estimate of drug-likeness (QED) is 0.530. The van der Waals surface area contributed by atoms with Crippen LogP contribution in [-0.4, -0.2) is 16.8 Å². The molecule has 1 N–H and O–H groups in total. The SMILES string of the molecule is O=C(O)C1=[N+]C=CC=C1. The zero-order valence-electron chi connectivity index (χ0n) is 4.61. The summed E-state index contributed by atoms with van der Waals surface area (Å²) in [5.41, 5.74) is 0.0810. The molecule has 0 fully saturated rings. The van der Waals surface area contributed by atoms with Crippen LogP contribution >= 0.6 is 0 Å². The number of nitrogens with zero attached hydrogens (tertiary/aromatic N) is 1. The Kier molecular flexibility index (Phi) is 1.44. The van der Waals surface area contributed by atoms with Crippen LogP contribution < -0.4 is 4.99 Å². The van der Waals surface area contributed by atoms with Gasteiger partial charge in [0.05, 0.1) is 4.99 Å². The van der Waals surface area contributed by atoms with Crippen molar-refractivity contribution in [2.24, 2.45) is 0 Å². The van der Waals surface area contributed by atoms with Gasteiger partial charge in [-0.2, -0.15) is 0 Å². The summed E-state index contributed by atoms with van der Waals surface area (Å²) in [4.78, 5) is 13.7. The number of aliphatic carboxylic acids is 1. The van der Waals surface area contributed by atoms with Gasteiger partial charge in [-0.05, 0) is 6.08 Å². The molecule has 0 bridgehead atoms. The van der Waals surface area contributed by atoms with Crippen LogP contribution in [0.15, 0.2) is 24.4 Å². The molecule has 0 aromatic heterocycles.